The highest BCUT2D eigenvalue weighted by Crippen LogP contribution is 2.27. The van der Waals surface area contributed by atoms with E-state index in [2.05, 4.69) is 6.92 Å². The minimum atomic E-state index is -0.686. The van der Waals surface area contributed by atoms with Crippen LogP contribution < -0.4 is 0 Å². The van der Waals surface area contributed by atoms with Gasteiger partial charge in [-0.15, -0.1) is 11.3 Å². The number of hydrogen-bond acceptors (Lipinski definition) is 5. The van der Waals surface area contributed by atoms with Crippen LogP contribution in [0.1, 0.15) is 39.9 Å². The molecule has 1 aliphatic heterocycles. The number of likely N-dealkylation sites (tertiary alicyclic amines) is 1. The van der Waals surface area contributed by atoms with Crippen LogP contribution in [0.4, 0.5) is 0 Å². The molecule has 1 saturated heterocycles. The summed E-state index contributed by atoms with van der Waals surface area (Å²) < 4.78 is 4.73. The molecule has 0 spiro atoms. The molecule has 2 rings (SSSR count). The Balaban J connectivity index is 2.21. The van der Waals surface area contributed by atoms with E-state index in [-0.39, 0.29) is 18.9 Å². The number of amides is 1. The number of thiophene rings is 1. The number of ether oxygens (including phenoxy) is 1. The number of aliphatic hydroxyl groups is 1. The van der Waals surface area contributed by atoms with Crippen molar-refractivity contribution in [3.8, 4) is 0 Å². The van der Waals surface area contributed by atoms with E-state index in [1.807, 2.05) is 13.0 Å². The lowest BCUT2D eigenvalue weighted by molar-refractivity contribution is -0.145. The Labute approximate surface area is 128 Å². The minimum absolute atomic E-state index is 0.179. The van der Waals surface area contributed by atoms with Gasteiger partial charge in [0.15, 0.2) is 0 Å². The van der Waals surface area contributed by atoms with Gasteiger partial charge in [-0.05, 0) is 25.0 Å². The molecular weight excluding hydrogens is 290 g/mol. The number of rotatable bonds is 4. The maximum absolute atomic E-state index is 12.6. The van der Waals surface area contributed by atoms with Gasteiger partial charge in [-0.1, -0.05) is 13.3 Å². The number of esters is 1. The monoisotopic (exact) mass is 311 g/mol. The molecule has 21 heavy (non-hydrogen) atoms. The third kappa shape index (κ3) is 3.27. The second kappa shape index (κ2) is 6.58. The maximum Gasteiger partial charge on any atom is 0.328 e. The minimum Gasteiger partial charge on any atom is -0.467 e. The van der Waals surface area contributed by atoms with Crippen LogP contribution in [0.2, 0.25) is 0 Å². The summed E-state index contributed by atoms with van der Waals surface area (Å²) in [5.74, 6) is -0.667. The average molecular weight is 311 g/mol. The fraction of sp³-hybridized carbons (Fsp3) is 0.600. The molecule has 1 N–H and O–H groups in total. The van der Waals surface area contributed by atoms with E-state index in [0.29, 0.717) is 4.88 Å². The Morgan fingerprint density at radius 1 is 1.52 bits per heavy atom. The lowest BCUT2D eigenvalue weighted by Crippen LogP contribution is -2.40. The fourth-order valence-electron chi connectivity index (χ4n) is 2.68. The quantitative estimate of drug-likeness (QED) is 0.860. The molecule has 1 aromatic heterocycles. The molecule has 2 heterocycles. The van der Waals surface area contributed by atoms with Crippen LogP contribution in [0.5, 0.6) is 0 Å². The number of aryl methyl sites for hydroxylation is 2. The Morgan fingerprint density at radius 2 is 2.24 bits per heavy atom. The molecule has 116 valence electrons. The van der Waals surface area contributed by atoms with Gasteiger partial charge in [-0.2, -0.15) is 0 Å². The molecule has 0 radical (unpaired) electrons. The predicted octanol–water partition coefficient (Wildman–Crippen LogP) is 1.76. The lowest BCUT2D eigenvalue weighted by Gasteiger charge is -2.21. The lowest BCUT2D eigenvalue weighted by atomic mass is 10.1. The molecule has 0 aliphatic carbocycles. The third-order valence-electron chi connectivity index (χ3n) is 3.76. The number of carbonyl (C=O) groups excluding carboxylic acids is 2. The van der Waals surface area contributed by atoms with Gasteiger partial charge in [0, 0.05) is 17.8 Å². The summed E-state index contributed by atoms with van der Waals surface area (Å²) in [6, 6.07) is 1.22. The first-order valence-corrected chi connectivity index (χ1v) is 7.95. The van der Waals surface area contributed by atoms with Crippen LogP contribution >= 0.6 is 11.3 Å². The highest BCUT2D eigenvalue weighted by atomic mass is 32.1. The summed E-state index contributed by atoms with van der Waals surface area (Å²) in [5, 5.41) is 9.76. The topological polar surface area (TPSA) is 66.8 Å². The van der Waals surface area contributed by atoms with E-state index in [1.54, 1.807) is 0 Å². The van der Waals surface area contributed by atoms with Crippen molar-refractivity contribution in [1.29, 1.82) is 0 Å². The third-order valence-corrected chi connectivity index (χ3v) is 4.84. The number of carbonyl (C=O) groups is 2. The molecule has 6 heteroatoms. The molecule has 0 saturated carbocycles. The first-order valence-electron chi connectivity index (χ1n) is 7.14. The maximum atomic E-state index is 12.6. The summed E-state index contributed by atoms with van der Waals surface area (Å²) in [7, 11) is 1.30. The van der Waals surface area contributed by atoms with E-state index >= 15 is 0 Å². The second-order valence-corrected chi connectivity index (χ2v) is 6.58. The van der Waals surface area contributed by atoms with Gasteiger partial charge in [0.2, 0.25) is 0 Å². The van der Waals surface area contributed by atoms with Crippen molar-refractivity contribution in [2.75, 3.05) is 13.7 Å². The summed E-state index contributed by atoms with van der Waals surface area (Å²) in [6.45, 7) is 4.28. The van der Waals surface area contributed by atoms with E-state index in [0.717, 1.165) is 17.7 Å². The van der Waals surface area contributed by atoms with Crippen molar-refractivity contribution < 1.29 is 19.4 Å². The summed E-state index contributed by atoms with van der Waals surface area (Å²) >= 11 is 1.45. The van der Waals surface area contributed by atoms with Crippen molar-refractivity contribution in [2.45, 2.75) is 45.3 Å². The fourth-order valence-corrected chi connectivity index (χ4v) is 3.71. The molecular formula is C15H21NO4S. The van der Waals surface area contributed by atoms with Gasteiger partial charge in [0.05, 0.1) is 18.1 Å². The number of aliphatic hydroxyl groups excluding tert-OH is 1. The Morgan fingerprint density at radius 3 is 2.86 bits per heavy atom. The first-order chi connectivity index (χ1) is 9.97. The van der Waals surface area contributed by atoms with Crippen LogP contribution in [0.15, 0.2) is 6.07 Å². The van der Waals surface area contributed by atoms with E-state index in [1.165, 1.54) is 28.9 Å². The van der Waals surface area contributed by atoms with Crippen LogP contribution in [0.25, 0.3) is 0 Å². The zero-order chi connectivity index (χ0) is 15.6. The molecule has 2 unspecified atom stereocenters. The smallest absolute Gasteiger partial charge is 0.328 e. The molecule has 1 amide bonds. The second-order valence-electron chi connectivity index (χ2n) is 5.33. The SMILES string of the molecule is CCCc1cc(C(=O)N2CC(O)CC2C(=O)OC)sc1C. The summed E-state index contributed by atoms with van der Waals surface area (Å²) in [6.07, 6.45) is 1.54. The number of hydrogen-bond donors (Lipinski definition) is 1. The van der Waals surface area contributed by atoms with E-state index in [4.69, 9.17) is 4.74 Å². The average Bonchev–Trinajstić information content (AvgIpc) is 3.02. The van der Waals surface area contributed by atoms with Gasteiger partial charge < -0.3 is 14.7 Å². The molecule has 1 fully saturated rings. The molecule has 1 aromatic rings. The predicted molar refractivity (Wildman–Crippen MR) is 80.5 cm³/mol. The summed E-state index contributed by atoms with van der Waals surface area (Å²) in [4.78, 5) is 27.6. The van der Waals surface area contributed by atoms with Crippen molar-refractivity contribution in [3.63, 3.8) is 0 Å². The van der Waals surface area contributed by atoms with E-state index < -0.39 is 18.1 Å². The zero-order valence-electron chi connectivity index (χ0n) is 12.6. The van der Waals surface area contributed by atoms with Crippen LogP contribution in [0.3, 0.4) is 0 Å². The molecule has 5 nitrogen and oxygen atoms in total. The Hall–Kier alpha value is -1.40. The van der Waals surface area contributed by atoms with Crippen LogP contribution in [-0.2, 0) is 16.0 Å². The highest BCUT2D eigenvalue weighted by Gasteiger charge is 2.40. The van der Waals surface area contributed by atoms with Crippen LogP contribution in [-0.4, -0.2) is 47.7 Å². The van der Waals surface area contributed by atoms with Gasteiger partial charge >= 0.3 is 5.97 Å². The van der Waals surface area contributed by atoms with Crippen molar-refractivity contribution in [3.05, 3.63) is 21.4 Å². The van der Waals surface area contributed by atoms with Crippen molar-refractivity contribution in [1.82, 2.24) is 4.90 Å². The normalized spacial score (nSPS) is 21.6. The Bertz CT molecular complexity index is 540. The first kappa shape index (κ1) is 16.0. The highest BCUT2D eigenvalue weighted by molar-refractivity contribution is 7.14. The molecule has 0 bridgehead atoms. The van der Waals surface area contributed by atoms with Crippen LogP contribution in [0, 0.1) is 6.92 Å². The number of β-amino-alcohol motifs (C(OH)–C–C–N with tert-alkyl or cyclic N) is 1. The van der Waals surface area contributed by atoms with Gasteiger partial charge in [-0.25, -0.2) is 4.79 Å². The Kier molecular flexibility index (Phi) is 5.00. The zero-order valence-corrected chi connectivity index (χ0v) is 13.4. The number of methoxy groups -OCH3 is 1. The number of nitrogens with zero attached hydrogens (tertiary/aromatic N) is 1. The van der Waals surface area contributed by atoms with Gasteiger partial charge in [-0.3, -0.25) is 4.79 Å². The van der Waals surface area contributed by atoms with Crippen molar-refractivity contribution >= 4 is 23.2 Å². The molecule has 1 aliphatic rings. The van der Waals surface area contributed by atoms with E-state index in [9.17, 15) is 14.7 Å². The summed E-state index contributed by atoms with van der Waals surface area (Å²) in [5.41, 5.74) is 1.18. The molecule has 2 atom stereocenters. The largest absolute Gasteiger partial charge is 0.467 e. The van der Waals surface area contributed by atoms with Gasteiger partial charge in [0.1, 0.15) is 6.04 Å². The van der Waals surface area contributed by atoms with Gasteiger partial charge in [0.25, 0.3) is 5.91 Å². The standard InChI is InChI=1S/C15H21NO4S/c1-4-5-10-6-13(21-9(10)2)14(18)16-8-11(17)7-12(16)15(19)20-3/h6,11-12,17H,4-5,7-8H2,1-3H3. The van der Waals surface area contributed by atoms with Crippen molar-refractivity contribution in [2.24, 2.45) is 0 Å². The molecule has 0 aromatic carbocycles.